The minimum Gasteiger partial charge on any atom is -0.488 e. The van der Waals surface area contributed by atoms with E-state index in [1.54, 1.807) is 0 Å². The van der Waals surface area contributed by atoms with Gasteiger partial charge in [-0.1, -0.05) is 43.7 Å². The van der Waals surface area contributed by atoms with Crippen molar-refractivity contribution in [1.82, 2.24) is 0 Å². The van der Waals surface area contributed by atoms with E-state index in [0.29, 0.717) is 5.92 Å². The molecule has 106 valence electrons. The average Bonchev–Trinajstić information content (AvgIpc) is 2.49. The lowest BCUT2D eigenvalue weighted by Crippen LogP contribution is -2.38. The van der Waals surface area contributed by atoms with Gasteiger partial charge in [-0.05, 0) is 48.1 Å². The first-order valence-corrected chi connectivity index (χ1v) is 7.60. The zero-order valence-corrected chi connectivity index (χ0v) is 12.0. The second-order valence-corrected chi connectivity index (χ2v) is 5.82. The maximum absolute atomic E-state index is 10.1. The Hall–Kier alpha value is -1.54. The van der Waals surface area contributed by atoms with Gasteiger partial charge < -0.3 is 9.84 Å². The molecule has 0 amide bonds. The topological polar surface area (TPSA) is 29.5 Å². The van der Waals surface area contributed by atoms with Crippen molar-refractivity contribution >= 4 is 10.8 Å². The number of ether oxygens (including phenoxy) is 1. The zero-order valence-electron chi connectivity index (χ0n) is 12.0. The van der Waals surface area contributed by atoms with Crippen molar-refractivity contribution in [2.75, 3.05) is 0 Å². The quantitative estimate of drug-likeness (QED) is 0.907. The molecule has 3 unspecified atom stereocenters. The molecule has 1 N–H and O–H groups in total. The lowest BCUT2D eigenvalue weighted by molar-refractivity contribution is -0.0108. The monoisotopic (exact) mass is 270 g/mol. The van der Waals surface area contributed by atoms with E-state index >= 15 is 0 Å². The third-order valence-corrected chi connectivity index (χ3v) is 4.45. The zero-order chi connectivity index (χ0) is 13.9. The molecular weight excluding hydrogens is 248 g/mol. The summed E-state index contributed by atoms with van der Waals surface area (Å²) in [6.45, 7) is 2.22. The molecule has 0 radical (unpaired) electrons. The Labute approximate surface area is 120 Å². The highest BCUT2D eigenvalue weighted by molar-refractivity contribution is 5.83. The summed E-state index contributed by atoms with van der Waals surface area (Å²) < 4.78 is 6.06. The fraction of sp³-hybridized carbons (Fsp3) is 0.444. The molecule has 0 heterocycles. The number of aliphatic hydroxyl groups is 1. The summed E-state index contributed by atoms with van der Waals surface area (Å²) >= 11 is 0. The maximum Gasteiger partial charge on any atom is 0.125 e. The van der Waals surface area contributed by atoms with Crippen molar-refractivity contribution in [2.24, 2.45) is 5.92 Å². The van der Waals surface area contributed by atoms with E-state index < -0.39 is 0 Å². The van der Waals surface area contributed by atoms with Gasteiger partial charge in [0.2, 0.25) is 0 Å². The van der Waals surface area contributed by atoms with E-state index in [-0.39, 0.29) is 12.2 Å². The van der Waals surface area contributed by atoms with Gasteiger partial charge in [0, 0.05) is 0 Å². The van der Waals surface area contributed by atoms with E-state index in [4.69, 9.17) is 4.74 Å². The van der Waals surface area contributed by atoms with Crippen LogP contribution in [0.4, 0.5) is 0 Å². The molecule has 2 nitrogen and oxygen atoms in total. The summed E-state index contributed by atoms with van der Waals surface area (Å²) in [5, 5.41) is 12.5. The van der Waals surface area contributed by atoms with Crippen molar-refractivity contribution in [2.45, 2.75) is 44.8 Å². The second kappa shape index (κ2) is 5.84. The molecule has 1 aliphatic carbocycles. The molecule has 1 aliphatic rings. The Morgan fingerprint density at radius 3 is 2.70 bits per heavy atom. The molecular formula is C18H22O2. The molecule has 2 aromatic carbocycles. The molecule has 0 aromatic heterocycles. The summed E-state index contributed by atoms with van der Waals surface area (Å²) in [6, 6.07) is 14.4. The van der Waals surface area contributed by atoms with E-state index in [2.05, 4.69) is 31.2 Å². The molecule has 20 heavy (non-hydrogen) atoms. The van der Waals surface area contributed by atoms with Crippen molar-refractivity contribution in [3.63, 3.8) is 0 Å². The van der Waals surface area contributed by atoms with Gasteiger partial charge in [0.15, 0.2) is 0 Å². The lowest BCUT2D eigenvalue weighted by atomic mass is 9.84. The highest BCUT2D eigenvalue weighted by Crippen LogP contribution is 2.31. The normalized spacial score (nSPS) is 26.6. The van der Waals surface area contributed by atoms with Gasteiger partial charge in [-0.2, -0.15) is 0 Å². The Balaban J connectivity index is 1.77. The Kier molecular flexibility index (Phi) is 3.93. The van der Waals surface area contributed by atoms with Crippen LogP contribution in [0.25, 0.3) is 10.8 Å². The van der Waals surface area contributed by atoms with Gasteiger partial charge >= 0.3 is 0 Å². The van der Waals surface area contributed by atoms with E-state index in [1.165, 1.54) is 17.2 Å². The van der Waals surface area contributed by atoms with Crippen LogP contribution in [0.5, 0.6) is 5.75 Å². The molecule has 1 saturated carbocycles. The van der Waals surface area contributed by atoms with Gasteiger partial charge in [-0.25, -0.2) is 0 Å². The molecule has 3 rings (SSSR count). The predicted molar refractivity (Wildman–Crippen MR) is 82.0 cm³/mol. The molecule has 2 heteroatoms. The summed E-state index contributed by atoms with van der Waals surface area (Å²) in [5.41, 5.74) is 0. The third-order valence-electron chi connectivity index (χ3n) is 4.45. The Bertz CT molecular complexity index is 578. The first-order chi connectivity index (χ1) is 9.76. The first-order valence-electron chi connectivity index (χ1n) is 7.60. The molecule has 0 bridgehead atoms. The Morgan fingerprint density at radius 2 is 1.90 bits per heavy atom. The van der Waals surface area contributed by atoms with Crippen LogP contribution in [0.1, 0.15) is 32.6 Å². The van der Waals surface area contributed by atoms with Crippen molar-refractivity contribution in [3.8, 4) is 5.75 Å². The number of rotatable bonds is 3. The summed E-state index contributed by atoms with van der Waals surface area (Å²) in [5.74, 6) is 1.55. The van der Waals surface area contributed by atoms with Crippen LogP contribution >= 0.6 is 0 Å². The van der Waals surface area contributed by atoms with Gasteiger partial charge in [-0.3, -0.25) is 0 Å². The van der Waals surface area contributed by atoms with Crippen molar-refractivity contribution < 1.29 is 9.84 Å². The fourth-order valence-corrected chi connectivity index (χ4v) is 3.11. The third kappa shape index (κ3) is 2.80. The molecule has 1 fully saturated rings. The fourth-order valence-electron chi connectivity index (χ4n) is 3.11. The standard InChI is InChI=1S/C18H22O2/c1-2-13-7-10-17(19)18(11-13)20-16-9-8-14-5-3-4-6-15(14)12-16/h3-6,8-9,12-13,17-19H,2,7,10-11H2,1H3. The molecule has 0 spiro atoms. The minimum absolute atomic E-state index is 0.0603. The summed E-state index contributed by atoms with van der Waals surface area (Å²) in [4.78, 5) is 0. The van der Waals surface area contributed by atoms with Crippen LogP contribution in [0.2, 0.25) is 0 Å². The van der Waals surface area contributed by atoms with Crippen LogP contribution in [-0.4, -0.2) is 17.3 Å². The van der Waals surface area contributed by atoms with E-state index in [0.717, 1.165) is 25.0 Å². The molecule has 0 saturated heterocycles. The van der Waals surface area contributed by atoms with Crippen LogP contribution in [0.15, 0.2) is 42.5 Å². The summed E-state index contributed by atoms with van der Waals surface area (Å²) in [6.07, 6.45) is 3.72. The highest BCUT2D eigenvalue weighted by Gasteiger charge is 2.29. The minimum atomic E-state index is -0.329. The molecule has 2 aromatic rings. The lowest BCUT2D eigenvalue weighted by Gasteiger charge is -2.33. The van der Waals surface area contributed by atoms with Gasteiger partial charge in [0.1, 0.15) is 11.9 Å². The van der Waals surface area contributed by atoms with Crippen molar-refractivity contribution in [3.05, 3.63) is 42.5 Å². The van der Waals surface area contributed by atoms with Crippen molar-refractivity contribution in [1.29, 1.82) is 0 Å². The highest BCUT2D eigenvalue weighted by atomic mass is 16.5. The molecule has 3 atom stereocenters. The van der Waals surface area contributed by atoms with Crippen LogP contribution in [0.3, 0.4) is 0 Å². The smallest absolute Gasteiger partial charge is 0.125 e. The maximum atomic E-state index is 10.1. The predicted octanol–water partition coefficient (Wildman–Crippen LogP) is 4.16. The number of hydrogen-bond acceptors (Lipinski definition) is 2. The van der Waals surface area contributed by atoms with Gasteiger partial charge in [0.25, 0.3) is 0 Å². The summed E-state index contributed by atoms with van der Waals surface area (Å²) in [7, 11) is 0. The number of aliphatic hydroxyl groups excluding tert-OH is 1. The van der Waals surface area contributed by atoms with E-state index in [9.17, 15) is 5.11 Å². The average molecular weight is 270 g/mol. The van der Waals surface area contributed by atoms with Gasteiger partial charge in [-0.15, -0.1) is 0 Å². The Morgan fingerprint density at radius 1 is 1.10 bits per heavy atom. The number of benzene rings is 2. The van der Waals surface area contributed by atoms with Crippen LogP contribution in [0, 0.1) is 5.92 Å². The largest absolute Gasteiger partial charge is 0.488 e. The van der Waals surface area contributed by atoms with Gasteiger partial charge in [0.05, 0.1) is 6.10 Å². The van der Waals surface area contributed by atoms with Crippen LogP contribution in [-0.2, 0) is 0 Å². The first kappa shape index (κ1) is 13.4. The number of hydrogen-bond donors (Lipinski definition) is 1. The number of fused-ring (bicyclic) bond motifs is 1. The molecule has 0 aliphatic heterocycles. The second-order valence-electron chi connectivity index (χ2n) is 5.82. The van der Waals surface area contributed by atoms with E-state index in [1.807, 2.05) is 18.2 Å². The SMILES string of the molecule is CCC1CCC(O)C(Oc2ccc3ccccc3c2)C1. The van der Waals surface area contributed by atoms with Crippen LogP contribution < -0.4 is 4.74 Å².